The molecule has 0 aliphatic carbocycles. The summed E-state index contributed by atoms with van der Waals surface area (Å²) in [5, 5.41) is 14.7. The summed E-state index contributed by atoms with van der Waals surface area (Å²) >= 11 is 0. The van der Waals surface area contributed by atoms with Gasteiger partial charge in [-0.2, -0.15) is 0 Å². The normalized spacial score (nSPS) is 11.9. The lowest BCUT2D eigenvalue weighted by Gasteiger charge is -2.06. The fraction of sp³-hybridized carbons (Fsp3) is 0. The minimum absolute atomic E-state index is 0.0266. The number of nitrogens with zero attached hydrogens (tertiary/aromatic N) is 1. The molecular formula is C25H15NO2. The molecule has 2 aromatic heterocycles. The second-order valence-electron chi connectivity index (χ2n) is 7.17. The summed E-state index contributed by atoms with van der Waals surface area (Å²) in [5.41, 5.74) is 3.90. The number of fused-ring (bicyclic) bond motifs is 5. The lowest BCUT2D eigenvalue weighted by molar-refractivity contribution is 0.477. The molecule has 0 saturated carbocycles. The first-order chi connectivity index (χ1) is 13.7. The minimum Gasteiger partial charge on any atom is -0.508 e. The molecule has 6 rings (SSSR count). The van der Waals surface area contributed by atoms with Crippen LogP contribution in [0.5, 0.6) is 5.75 Å². The second kappa shape index (κ2) is 5.33. The Hall–Kier alpha value is -3.85. The summed E-state index contributed by atoms with van der Waals surface area (Å²) in [6.07, 6.45) is 0. The van der Waals surface area contributed by atoms with Crippen molar-refractivity contribution in [1.29, 1.82) is 0 Å². The highest BCUT2D eigenvalue weighted by atomic mass is 16.3. The van der Waals surface area contributed by atoms with Gasteiger partial charge in [-0.1, -0.05) is 54.6 Å². The zero-order chi connectivity index (χ0) is 18.8. The first kappa shape index (κ1) is 15.2. The first-order valence-corrected chi connectivity index (χ1v) is 9.23. The molecule has 3 nitrogen and oxygen atoms in total. The van der Waals surface area contributed by atoms with Gasteiger partial charge in [0.25, 0.3) is 5.56 Å². The maximum absolute atomic E-state index is 13.3. The third-order valence-corrected chi connectivity index (χ3v) is 5.60. The summed E-state index contributed by atoms with van der Waals surface area (Å²) in [5.74, 6) is 0.204. The molecule has 0 atom stereocenters. The van der Waals surface area contributed by atoms with Crippen LogP contribution in [0.4, 0.5) is 0 Å². The van der Waals surface area contributed by atoms with Crippen molar-refractivity contribution >= 4 is 38.0 Å². The van der Waals surface area contributed by atoms with Crippen LogP contribution in [-0.4, -0.2) is 9.51 Å². The van der Waals surface area contributed by atoms with Crippen LogP contribution < -0.4 is 5.56 Å². The van der Waals surface area contributed by atoms with Crippen LogP contribution in [0.1, 0.15) is 0 Å². The number of benzene rings is 4. The number of rotatable bonds is 1. The second-order valence-corrected chi connectivity index (χ2v) is 7.17. The number of hydrogen-bond acceptors (Lipinski definition) is 2. The molecule has 4 aromatic carbocycles. The van der Waals surface area contributed by atoms with Crippen molar-refractivity contribution in [2.24, 2.45) is 0 Å². The van der Waals surface area contributed by atoms with E-state index in [4.69, 9.17) is 0 Å². The van der Waals surface area contributed by atoms with Crippen molar-refractivity contribution < 1.29 is 5.11 Å². The summed E-state index contributed by atoms with van der Waals surface area (Å²) in [6.45, 7) is 0. The SMILES string of the molecule is O=c1c2ccccc2c2cc(O)cc3c4cc(-c5ccccc5)ccc4n1c23. The van der Waals surface area contributed by atoms with Gasteiger partial charge in [0.2, 0.25) is 0 Å². The Bertz CT molecular complexity index is 1580. The Morgan fingerprint density at radius 2 is 1.29 bits per heavy atom. The smallest absolute Gasteiger partial charge is 0.263 e. The maximum atomic E-state index is 13.3. The predicted octanol–water partition coefficient (Wildman–Crippen LogP) is 5.57. The Balaban J connectivity index is 1.88. The average Bonchev–Trinajstić information content (AvgIpc) is 3.06. The van der Waals surface area contributed by atoms with Crippen LogP contribution in [0.2, 0.25) is 0 Å². The zero-order valence-corrected chi connectivity index (χ0v) is 14.9. The van der Waals surface area contributed by atoms with E-state index in [-0.39, 0.29) is 11.3 Å². The molecule has 3 heteroatoms. The van der Waals surface area contributed by atoms with Crippen molar-refractivity contribution in [2.45, 2.75) is 0 Å². The highest BCUT2D eigenvalue weighted by Gasteiger charge is 2.18. The molecule has 1 N–H and O–H groups in total. The Morgan fingerprint density at radius 1 is 0.607 bits per heavy atom. The molecule has 0 unspecified atom stereocenters. The van der Waals surface area contributed by atoms with E-state index in [1.54, 1.807) is 16.5 Å². The quantitative estimate of drug-likeness (QED) is 0.389. The minimum atomic E-state index is -0.0266. The zero-order valence-electron chi connectivity index (χ0n) is 14.9. The number of pyridine rings is 1. The largest absolute Gasteiger partial charge is 0.508 e. The van der Waals surface area contributed by atoms with Crippen LogP contribution in [0.25, 0.3) is 49.1 Å². The van der Waals surface area contributed by atoms with Gasteiger partial charge >= 0.3 is 0 Å². The van der Waals surface area contributed by atoms with Crippen molar-refractivity contribution in [1.82, 2.24) is 4.40 Å². The number of hydrogen-bond donors (Lipinski definition) is 1. The number of phenols is 1. The van der Waals surface area contributed by atoms with Crippen LogP contribution in [0, 0.1) is 0 Å². The monoisotopic (exact) mass is 361 g/mol. The van der Waals surface area contributed by atoms with E-state index in [0.717, 1.165) is 43.7 Å². The summed E-state index contributed by atoms with van der Waals surface area (Å²) in [7, 11) is 0. The molecule has 0 bridgehead atoms. The first-order valence-electron chi connectivity index (χ1n) is 9.23. The number of aromatic nitrogens is 1. The molecule has 132 valence electrons. The van der Waals surface area contributed by atoms with Crippen LogP contribution in [0.3, 0.4) is 0 Å². The molecule has 6 aromatic rings. The van der Waals surface area contributed by atoms with E-state index in [1.165, 1.54) is 0 Å². The molecule has 0 saturated heterocycles. The van der Waals surface area contributed by atoms with E-state index in [1.807, 2.05) is 54.6 Å². The van der Waals surface area contributed by atoms with Gasteiger partial charge in [0.05, 0.1) is 11.0 Å². The van der Waals surface area contributed by atoms with Gasteiger partial charge in [-0.05, 0) is 46.8 Å². The van der Waals surface area contributed by atoms with E-state index in [2.05, 4.69) is 18.2 Å². The molecule has 0 spiro atoms. The van der Waals surface area contributed by atoms with E-state index in [0.29, 0.717) is 5.39 Å². The summed E-state index contributed by atoms with van der Waals surface area (Å²) in [4.78, 5) is 13.3. The highest BCUT2D eigenvalue weighted by molar-refractivity contribution is 6.21. The molecule has 0 aliphatic heterocycles. The van der Waals surface area contributed by atoms with Gasteiger partial charge in [-0.15, -0.1) is 0 Å². The van der Waals surface area contributed by atoms with Crippen LogP contribution in [0.15, 0.2) is 89.7 Å². The number of phenolic OH excluding ortho intramolecular Hbond substituents is 1. The van der Waals surface area contributed by atoms with E-state index >= 15 is 0 Å². The van der Waals surface area contributed by atoms with Gasteiger partial charge in [0, 0.05) is 21.5 Å². The lowest BCUT2D eigenvalue weighted by atomic mass is 10.0. The third-order valence-electron chi connectivity index (χ3n) is 5.60. The lowest BCUT2D eigenvalue weighted by Crippen LogP contribution is -2.12. The molecule has 0 aliphatic rings. The van der Waals surface area contributed by atoms with Gasteiger partial charge in [-0.25, -0.2) is 0 Å². The average molecular weight is 361 g/mol. The van der Waals surface area contributed by atoms with Gasteiger partial charge in [0.15, 0.2) is 0 Å². The van der Waals surface area contributed by atoms with Crippen LogP contribution in [-0.2, 0) is 0 Å². The van der Waals surface area contributed by atoms with Crippen LogP contribution >= 0.6 is 0 Å². The van der Waals surface area contributed by atoms with Gasteiger partial charge in [0.1, 0.15) is 5.75 Å². The van der Waals surface area contributed by atoms with Gasteiger partial charge < -0.3 is 5.11 Å². The predicted molar refractivity (Wildman–Crippen MR) is 114 cm³/mol. The standard InChI is InChI=1S/C25H15NO2/c27-17-13-21-18-8-4-5-9-19(18)25(28)26-23-11-10-16(15-6-2-1-3-7-15)12-20(23)22(14-17)24(21)26/h1-14,27H. The highest BCUT2D eigenvalue weighted by Crippen LogP contribution is 2.38. The van der Waals surface area contributed by atoms with E-state index < -0.39 is 0 Å². The van der Waals surface area contributed by atoms with Crippen molar-refractivity contribution in [3.05, 3.63) is 95.3 Å². The van der Waals surface area contributed by atoms with Crippen molar-refractivity contribution in [3.8, 4) is 16.9 Å². The van der Waals surface area contributed by atoms with E-state index in [9.17, 15) is 9.90 Å². The molecule has 2 heterocycles. The molecule has 0 fully saturated rings. The van der Waals surface area contributed by atoms with Crippen molar-refractivity contribution in [2.75, 3.05) is 0 Å². The molecule has 28 heavy (non-hydrogen) atoms. The van der Waals surface area contributed by atoms with Gasteiger partial charge in [-0.3, -0.25) is 9.20 Å². The Labute approximate surface area is 160 Å². The number of aromatic hydroxyl groups is 1. The summed E-state index contributed by atoms with van der Waals surface area (Å²) in [6, 6.07) is 27.4. The maximum Gasteiger partial charge on any atom is 0.263 e. The molecule has 0 amide bonds. The Kier molecular flexibility index (Phi) is 2.90. The summed E-state index contributed by atoms with van der Waals surface area (Å²) < 4.78 is 1.79. The Morgan fingerprint density at radius 3 is 2.07 bits per heavy atom. The topological polar surface area (TPSA) is 41.7 Å². The molecular weight excluding hydrogens is 346 g/mol. The fourth-order valence-electron chi connectivity index (χ4n) is 4.38. The van der Waals surface area contributed by atoms with Crippen molar-refractivity contribution in [3.63, 3.8) is 0 Å². The fourth-order valence-corrected chi connectivity index (χ4v) is 4.38. The molecule has 0 radical (unpaired) electrons. The third kappa shape index (κ3) is 1.90.